The van der Waals surface area contributed by atoms with Gasteiger partial charge in [0.15, 0.2) is 0 Å². The second-order valence-corrected chi connectivity index (χ2v) is 4.88. The standard InChI is InChI=1S/C12H27NO2/c1-5-11(13)7-6-8-14-9-10-15-12(2,3)4/h11H,5-10,13H2,1-4H3. The van der Waals surface area contributed by atoms with Gasteiger partial charge in [-0.1, -0.05) is 6.92 Å². The lowest BCUT2D eigenvalue weighted by Gasteiger charge is -2.19. The summed E-state index contributed by atoms with van der Waals surface area (Å²) in [5, 5.41) is 0. The molecule has 1 atom stereocenters. The Balaban J connectivity index is 3.12. The van der Waals surface area contributed by atoms with Gasteiger partial charge in [0, 0.05) is 12.6 Å². The number of rotatable bonds is 8. The Morgan fingerprint density at radius 2 is 1.80 bits per heavy atom. The zero-order chi connectivity index (χ0) is 11.7. The zero-order valence-corrected chi connectivity index (χ0v) is 10.7. The van der Waals surface area contributed by atoms with Gasteiger partial charge in [-0.3, -0.25) is 0 Å². The summed E-state index contributed by atoms with van der Waals surface area (Å²) >= 11 is 0. The van der Waals surface area contributed by atoms with Crippen molar-refractivity contribution in [3.8, 4) is 0 Å². The van der Waals surface area contributed by atoms with Gasteiger partial charge in [0.25, 0.3) is 0 Å². The van der Waals surface area contributed by atoms with Crippen molar-refractivity contribution in [2.45, 2.75) is 58.6 Å². The van der Waals surface area contributed by atoms with Crippen LogP contribution < -0.4 is 5.73 Å². The third kappa shape index (κ3) is 11.8. The Morgan fingerprint density at radius 3 is 2.33 bits per heavy atom. The first-order valence-electron chi connectivity index (χ1n) is 5.93. The van der Waals surface area contributed by atoms with Crippen LogP contribution in [0.3, 0.4) is 0 Å². The maximum absolute atomic E-state index is 5.79. The maximum Gasteiger partial charge on any atom is 0.0707 e. The number of nitrogens with two attached hydrogens (primary N) is 1. The molecule has 0 aromatic carbocycles. The van der Waals surface area contributed by atoms with E-state index in [4.69, 9.17) is 15.2 Å². The summed E-state index contributed by atoms with van der Waals surface area (Å²) in [4.78, 5) is 0. The lowest BCUT2D eigenvalue weighted by atomic mass is 10.1. The minimum absolute atomic E-state index is 0.0616. The summed E-state index contributed by atoms with van der Waals surface area (Å²) in [5.41, 5.74) is 5.73. The van der Waals surface area contributed by atoms with E-state index in [1.165, 1.54) is 0 Å². The molecule has 92 valence electrons. The molecule has 3 nitrogen and oxygen atoms in total. The van der Waals surface area contributed by atoms with E-state index in [0.717, 1.165) is 25.9 Å². The molecule has 0 aliphatic rings. The van der Waals surface area contributed by atoms with E-state index in [9.17, 15) is 0 Å². The molecule has 15 heavy (non-hydrogen) atoms. The molecule has 1 unspecified atom stereocenters. The lowest BCUT2D eigenvalue weighted by molar-refractivity contribution is -0.0352. The number of hydrogen-bond donors (Lipinski definition) is 1. The first-order valence-corrected chi connectivity index (χ1v) is 5.93. The minimum Gasteiger partial charge on any atom is -0.379 e. The van der Waals surface area contributed by atoms with Crippen LogP contribution in [0.5, 0.6) is 0 Å². The van der Waals surface area contributed by atoms with Crippen molar-refractivity contribution in [2.75, 3.05) is 19.8 Å². The van der Waals surface area contributed by atoms with Crippen LogP contribution in [0.15, 0.2) is 0 Å². The van der Waals surface area contributed by atoms with Crippen LogP contribution in [-0.2, 0) is 9.47 Å². The Morgan fingerprint density at radius 1 is 1.13 bits per heavy atom. The lowest BCUT2D eigenvalue weighted by Crippen LogP contribution is -2.22. The normalized spacial score (nSPS) is 14.2. The van der Waals surface area contributed by atoms with Crippen LogP contribution in [0.2, 0.25) is 0 Å². The van der Waals surface area contributed by atoms with E-state index >= 15 is 0 Å². The van der Waals surface area contributed by atoms with Gasteiger partial charge in [0.1, 0.15) is 0 Å². The van der Waals surface area contributed by atoms with Crippen LogP contribution >= 0.6 is 0 Å². The van der Waals surface area contributed by atoms with Gasteiger partial charge >= 0.3 is 0 Å². The van der Waals surface area contributed by atoms with E-state index in [1.54, 1.807) is 0 Å². The third-order valence-corrected chi connectivity index (χ3v) is 2.15. The van der Waals surface area contributed by atoms with E-state index < -0.39 is 0 Å². The molecule has 2 N–H and O–H groups in total. The molecule has 0 saturated heterocycles. The predicted octanol–water partition coefficient (Wildman–Crippen LogP) is 2.34. The van der Waals surface area contributed by atoms with Crippen molar-refractivity contribution in [3.05, 3.63) is 0 Å². The van der Waals surface area contributed by atoms with E-state index in [0.29, 0.717) is 19.3 Å². The van der Waals surface area contributed by atoms with E-state index in [1.807, 2.05) is 20.8 Å². The van der Waals surface area contributed by atoms with Crippen molar-refractivity contribution in [1.82, 2.24) is 0 Å². The molecule has 0 bridgehead atoms. The Bertz CT molecular complexity index is 143. The third-order valence-electron chi connectivity index (χ3n) is 2.15. The molecule has 0 aliphatic heterocycles. The summed E-state index contributed by atoms with van der Waals surface area (Å²) in [6, 6.07) is 0.333. The fraction of sp³-hybridized carbons (Fsp3) is 1.00. The highest BCUT2D eigenvalue weighted by atomic mass is 16.5. The molecule has 0 aliphatic carbocycles. The summed E-state index contributed by atoms with van der Waals surface area (Å²) in [5.74, 6) is 0. The highest BCUT2D eigenvalue weighted by Gasteiger charge is 2.08. The van der Waals surface area contributed by atoms with Gasteiger partial charge in [-0.25, -0.2) is 0 Å². The SMILES string of the molecule is CCC(N)CCCOCCOC(C)(C)C. The quantitative estimate of drug-likeness (QED) is 0.635. The average Bonchev–Trinajstić information content (AvgIpc) is 2.14. The van der Waals surface area contributed by atoms with E-state index in [-0.39, 0.29) is 5.60 Å². The molecule has 3 heteroatoms. The number of ether oxygens (including phenoxy) is 2. The molecular formula is C12H27NO2. The number of hydrogen-bond acceptors (Lipinski definition) is 3. The van der Waals surface area contributed by atoms with Gasteiger partial charge in [-0.05, 0) is 40.0 Å². The van der Waals surface area contributed by atoms with Crippen LogP contribution in [0.1, 0.15) is 47.0 Å². The van der Waals surface area contributed by atoms with Gasteiger partial charge in [0.05, 0.1) is 18.8 Å². The molecule has 0 aromatic rings. The van der Waals surface area contributed by atoms with Gasteiger partial charge in [-0.15, -0.1) is 0 Å². The van der Waals surface area contributed by atoms with Gasteiger partial charge < -0.3 is 15.2 Å². The minimum atomic E-state index is -0.0616. The summed E-state index contributed by atoms with van der Waals surface area (Å²) in [6.45, 7) is 10.4. The average molecular weight is 217 g/mol. The zero-order valence-electron chi connectivity index (χ0n) is 10.7. The molecular weight excluding hydrogens is 190 g/mol. The topological polar surface area (TPSA) is 44.5 Å². The van der Waals surface area contributed by atoms with E-state index in [2.05, 4.69) is 6.92 Å². The summed E-state index contributed by atoms with van der Waals surface area (Å²) in [6.07, 6.45) is 3.15. The molecule has 0 aromatic heterocycles. The molecule has 0 radical (unpaired) electrons. The Labute approximate surface area is 94.3 Å². The molecule has 0 rings (SSSR count). The molecule has 0 fully saturated rings. The fourth-order valence-corrected chi connectivity index (χ4v) is 1.16. The highest BCUT2D eigenvalue weighted by molar-refractivity contribution is 4.58. The van der Waals surface area contributed by atoms with Crippen molar-refractivity contribution in [1.29, 1.82) is 0 Å². The maximum atomic E-state index is 5.79. The van der Waals surface area contributed by atoms with Crippen molar-refractivity contribution in [2.24, 2.45) is 5.73 Å². The van der Waals surface area contributed by atoms with Crippen LogP contribution in [-0.4, -0.2) is 31.5 Å². The summed E-state index contributed by atoms with van der Waals surface area (Å²) < 4.78 is 11.0. The van der Waals surface area contributed by atoms with Crippen LogP contribution in [0, 0.1) is 0 Å². The smallest absolute Gasteiger partial charge is 0.0707 e. The van der Waals surface area contributed by atoms with Crippen LogP contribution in [0.25, 0.3) is 0 Å². The van der Waals surface area contributed by atoms with Crippen molar-refractivity contribution in [3.63, 3.8) is 0 Å². The monoisotopic (exact) mass is 217 g/mol. The predicted molar refractivity (Wildman–Crippen MR) is 64.0 cm³/mol. The molecule has 0 heterocycles. The largest absolute Gasteiger partial charge is 0.379 e. The van der Waals surface area contributed by atoms with Crippen LogP contribution in [0.4, 0.5) is 0 Å². The van der Waals surface area contributed by atoms with Gasteiger partial charge in [0.2, 0.25) is 0 Å². The second kappa shape index (κ2) is 8.08. The Kier molecular flexibility index (Phi) is 8.02. The fourth-order valence-electron chi connectivity index (χ4n) is 1.16. The highest BCUT2D eigenvalue weighted by Crippen LogP contribution is 2.05. The van der Waals surface area contributed by atoms with Crippen molar-refractivity contribution >= 4 is 0 Å². The molecule has 0 spiro atoms. The van der Waals surface area contributed by atoms with Crippen molar-refractivity contribution < 1.29 is 9.47 Å². The van der Waals surface area contributed by atoms with Gasteiger partial charge in [-0.2, -0.15) is 0 Å². The Hall–Kier alpha value is -0.120. The summed E-state index contributed by atoms with van der Waals surface area (Å²) in [7, 11) is 0. The first kappa shape index (κ1) is 14.9. The second-order valence-electron chi connectivity index (χ2n) is 4.88. The molecule has 0 amide bonds. The molecule has 0 saturated carbocycles. The first-order chi connectivity index (χ1) is 6.95.